The zero-order chi connectivity index (χ0) is 11.6. The molecule has 0 amide bonds. The topological polar surface area (TPSA) is 63.4 Å². The van der Waals surface area contributed by atoms with Crippen LogP contribution in [0.25, 0.3) is 0 Å². The Bertz CT molecular complexity index is 323. The van der Waals surface area contributed by atoms with Crippen LogP contribution >= 0.6 is 0 Å². The molecule has 94 valence electrons. The normalized spacial score (nSPS) is 28.2. The van der Waals surface area contributed by atoms with E-state index in [1.54, 1.807) is 4.31 Å². The third-order valence-corrected chi connectivity index (χ3v) is 5.60. The van der Waals surface area contributed by atoms with Gasteiger partial charge in [-0.2, -0.15) is 0 Å². The largest absolute Gasteiger partial charge is 0.330 e. The fraction of sp³-hybridized carbons (Fsp3) is 1.00. The van der Waals surface area contributed by atoms with E-state index in [9.17, 15) is 8.42 Å². The van der Waals surface area contributed by atoms with Gasteiger partial charge in [-0.15, -0.1) is 0 Å². The van der Waals surface area contributed by atoms with Crippen molar-refractivity contribution in [3.8, 4) is 0 Å². The van der Waals surface area contributed by atoms with Gasteiger partial charge in [0.15, 0.2) is 0 Å². The third kappa shape index (κ3) is 3.18. The highest BCUT2D eigenvalue weighted by Crippen LogP contribution is 2.32. The second kappa shape index (κ2) is 5.02. The van der Waals surface area contributed by atoms with Crippen LogP contribution in [0, 0.1) is 11.8 Å². The first kappa shape index (κ1) is 12.3. The Morgan fingerprint density at radius 3 is 2.56 bits per heavy atom. The third-order valence-electron chi connectivity index (χ3n) is 3.59. The van der Waals surface area contributed by atoms with E-state index < -0.39 is 10.0 Å². The lowest BCUT2D eigenvalue weighted by Crippen LogP contribution is -2.41. The molecule has 4 nitrogen and oxygen atoms in total. The summed E-state index contributed by atoms with van der Waals surface area (Å²) < 4.78 is 25.9. The summed E-state index contributed by atoms with van der Waals surface area (Å²) in [5, 5.41) is 0. The van der Waals surface area contributed by atoms with Crippen LogP contribution in [-0.2, 0) is 10.0 Å². The zero-order valence-corrected chi connectivity index (χ0v) is 10.6. The lowest BCUT2D eigenvalue weighted by atomic mass is 9.96. The summed E-state index contributed by atoms with van der Waals surface area (Å²) in [6.45, 7) is 2.09. The average Bonchev–Trinajstić information content (AvgIpc) is 3.02. The SMILES string of the molecule is NCCC1CCCN(S(=O)(=O)CC2CC2)C1. The molecule has 16 heavy (non-hydrogen) atoms. The molecule has 1 aliphatic carbocycles. The fourth-order valence-electron chi connectivity index (χ4n) is 2.44. The van der Waals surface area contributed by atoms with Gasteiger partial charge >= 0.3 is 0 Å². The van der Waals surface area contributed by atoms with Gasteiger partial charge in [0, 0.05) is 13.1 Å². The van der Waals surface area contributed by atoms with E-state index in [0.29, 0.717) is 30.7 Å². The molecule has 1 aliphatic heterocycles. The Hall–Kier alpha value is -0.130. The molecule has 1 heterocycles. The monoisotopic (exact) mass is 246 g/mol. The van der Waals surface area contributed by atoms with Crippen molar-refractivity contribution in [1.82, 2.24) is 4.31 Å². The van der Waals surface area contributed by atoms with Crippen molar-refractivity contribution in [2.24, 2.45) is 17.6 Å². The minimum absolute atomic E-state index is 0.377. The van der Waals surface area contributed by atoms with Crippen molar-refractivity contribution in [2.45, 2.75) is 32.1 Å². The second-order valence-electron chi connectivity index (χ2n) is 5.17. The Kier molecular flexibility index (Phi) is 3.87. The standard InChI is InChI=1S/C11H22N2O2S/c12-6-5-10-2-1-7-13(8-10)16(14,15)9-11-3-4-11/h10-11H,1-9,12H2. The minimum atomic E-state index is -2.98. The van der Waals surface area contributed by atoms with Crippen molar-refractivity contribution in [3.63, 3.8) is 0 Å². The van der Waals surface area contributed by atoms with Crippen LogP contribution in [0.1, 0.15) is 32.1 Å². The second-order valence-corrected chi connectivity index (χ2v) is 7.18. The van der Waals surface area contributed by atoms with Gasteiger partial charge in [0.25, 0.3) is 0 Å². The summed E-state index contributed by atoms with van der Waals surface area (Å²) in [6, 6.07) is 0. The highest BCUT2D eigenvalue weighted by molar-refractivity contribution is 7.89. The summed E-state index contributed by atoms with van der Waals surface area (Å²) in [7, 11) is -2.98. The number of piperidine rings is 1. The molecule has 1 saturated carbocycles. The van der Waals surface area contributed by atoms with Crippen LogP contribution in [0.15, 0.2) is 0 Å². The van der Waals surface area contributed by atoms with E-state index in [2.05, 4.69) is 0 Å². The molecule has 0 aromatic carbocycles. The lowest BCUT2D eigenvalue weighted by molar-refractivity contribution is 0.258. The first-order valence-corrected chi connectivity index (χ1v) is 7.90. The zero-order valence-electron chi connectivity index (χ0n) is 9.77. The maximum atomic E-state index is 12.1. The van der Waals surface area contributed by atoms with E-state index in [4.69, 9.17) is 5.73 Å². The van der Waals surface area contributed by atoms with Crippen molar-refractivity contribution in [2.75, 3.05) is 25.4 Å². The minimum Gasteiger partial charge on any atom is -0.330 e. The van der Waals surface area contributed by atoms with Crippen LogP contribution in [-0.4, -0.2) is 38.1 Å². The molecule has 0 aromatic heterocycles. The number of sulfonamides is 1. The molecule has 0 aromatic rings. The molecule has 2 aliphatic rings. The molecule has 5 heteroatoms. The van der Waals surface area contributed by atoms with Crippen LogP contribution in [0.5, 0.6) is 0 Å². The molecular weight excluding hydrogens is 224 g/mol. The van der Waals surface area contributed by atoms with Crippen LogP contribution in [0.3, 0.4) is 0 Å². The highest BCUT2D eigenvalue weighted by atomic mass is 32.2. The van der Waals surface area contributed by atoms with Gasteiger partial charge in [-0.05, 0) is 50.5 Å². The summed E-state index contributed by atoms with van der Waals surface area (Å²) in [4.78, 5) is 0. The van der Waals surface area contributed by atoms with Gasteiger partial charge in [0.05, 0.1) is 5.75 Å². The van der Waals surface area contributed by atoms with Gasteiger partial charge in [-0.3, -0.25) is 0 Å². The van der Waals surface area contributed by atoms with Crippen molar-refractivity contribution < 1.29 is 8.42 Å². The van der Waals surface area contributed by atoms with Gasteiger partial charge in [-0.25, -0.2) is 12.7 Å². The number of nitrogens with two attached hydrogens (primary N) is 1. The molecule has 0 spiro atoms. The summed E-state index contributed by atoms with van der Waals surface area (Å²) in [5.41, 5.74) is 5.54. The van der Waals surface area contributed by atoms with E-state index in [0.717, 1.165) is 38.6 Å². The molecule has 0 radical (unpaired) electrons. The van der Waals surface area contributed by atoms with Crippen LogP contribution in [0.2, 0.25) is 0 Å². The van der Waals surface area contributed by atoms with E-state index >= 15 is 0 Å². The van der Waals surface area contributed by atoms with Gasteiger partial charge in [-0.1, -0.05) is 0 Å². The van der Waals surface area contributed by atoms with E-state index in [-0.39, 0.29) is 0 Å². The molecule has 2 N–H and O–H groups in total. The summed E-state index contributed by atoms with van der Waals surface area (Å²) in [6.07, 6.45) is 5.27. The quantitative estimate of drug-likeness (QED) is 0.780. The highest BCUT2D eigenvalue weighted by Gasteiger charge is 2.34. The predicted octanol–water partition coefficient (Wildman–Crippen LogP) is 0.787. The molecule has 2 fully saturated rings. The van der Waals surface area contributed by atoms with Crippen molar-refractivity contribution >= 4 is 10.0 Å². The predicted molar refractivity (Wildman–Crippen MR) is 64.5 cm³/mol. The Balaban J connectivity index is 1.91. The number of hydrogen-bond acceptors (Lipinski definition) is 3. The fourth-order valence-corrected chi connectivity index (χ4v) is 4.42. The molecule has 1 unspecified atom stereocenters. The summed E-state index contributed by atoms with van der Waals surface area (Å²) in [5.74, 6) is 1.30. The summed E-state index contributed by atoms with van der Waals surface area (Å²) >= 11 is 0. The molecule has 1 saturated heterocycles. The molecular formula is C11H22N2O2S. The molecule has 1 atom stereocenters. The Morgan fingerprint density at radius 2 is 1.94 bits per heavy atom. The van der Waals surface area contributed by atoms with E-state index in [1.165, 1.54) is 0 Å². The van der Waals surface area contributed by atoms with Crippen LogP contribution < -0.4 is 5.73 Å². The maximum Gasteiger partial charge on any atom is 0.214 e. The smallest absolute Gasteiger partial charge is 0.214 e. The van der Waals surface area contributed by atoms with Gasteiger partial charge in [0.2, 0.25) is 10.0 Å². The molecule has 0 bridgehead atoms. The van der Waals surface area contributed by atoms with Crippen molar-refractivity contribution in [1.29, 1.82) is 0 Å². The average molecular weight is 246 g/mol. The lowest BCUT2D eigenvalue weighted by Gasteiger charge is -2.31. The van der Waals surface area contributed by atoms with Crippen molar-refractivity contribution in [3.05, 3.63) is 0 Å². The van der Waals surface area contributed by atoms with E-state index in [1.807, 2.05) is 0 Å². The van der Waals surface area contributed by atoms with Crippen LogP contribution in [0.4, 0.5) is 0 Å². The first-order valence-electron chi connectivity index (χ1n) is 6.29. The Morgan fingerprint density at radius 1 is 1.19 bits per heavy atom. The number of rotatable bonds is 5. The number of hydrogen-bond donors (Lipinski definition) is 1. The maximum absolute atomic E-state index is 12.1. The number of nitrogens with zero attached hydrogens (tertiary/aromatic N) is 1. The van der Waals surface area contributed by atoms with Gasteiger partial charge in [0.1, 0.15) is 0 Å². The molecule has 2 rings (SSSR count). The Labute approximate surface area is 98.2 Å². The van der Waals surface area contributed by atoms with Gasteiger partial charge < -0.3 is 5.73 Å². The first-order chi connectivity index (χ1) is 7.62.